The van der Waals surface area contributed by atoms with Gasteiger partial charge in [-0.1, -0.05) is 43.0 Å². The molecule has 0 spiro atoms. The summed E-state index contributed by atoms with van der Waals surface area (Å²) in [7, 11) is 0. The molecular weight excluding hydrogens is 264 g/mol. The van der Waals surface area contributed by atoms with Crippen molar-refractivity contribution in [1.82, 2.24) is 0 Å². The Labute approximate surface area is 118 Å². The van der Waals surface area contributed by atoms with E-state index in [-0.39, 0.29) is 0 Å². The monoisotopic (exact) mass is 282 g/mol. The fourth-order valence-corrected chi connectivity index (χ4v) is 2.61. The van der Waals surface area contributed by atoms with Crippen LogP contribution in [0.25, 0.3) is 0 Å². The lowest BCUT2D eigenvalue weighted by Gasteiger charge is -2.25. The molecule has 0 amide bonds. The Balaban J connectivity index is 2.02. The Morgan fingerprint density at radius 1 is 1.16 bits per heavy atom. The highest BCUT2D eigenvalue weighted by Gasteiger charge is 2.25. The zero-order valence-corrected chi connectivity index (χ0v) is 11.6. The molecule has 3 nitrogen and oxygen atoms in total. The van der Waals surface area contributed by atoms with Crippen molar-refractivity contribution in [2.24, 2.45) is 0 Å². The van der Waals surface area contributed by atoms with E-state index in [2.05, 4.69) is 0 Å². The molecule has 0 bridgehead atoms. The lowest BCUT2D eigenvalue weighted by atomic mass is 9.96. The molecule has 1 saturated carbocycles. The summed E-state index contributed by atoms with van der Waals surface area (Å²) >= 11 is 5.97. The van der Waals surface area contributed by atoms with E-state index in [1.807, 2.05) is 0 Å². The number of aliphatic hydroxyl groups is 1. The molecule has 0 unspecified atom stereocenters. The number of carbonyl (C=O) groups excluding carboxylic acids is 1. The highest BCUT2D eigenvalue weighted by molar-refractivity contribution is 6.33. The van der Waals surface area contributed by atoms with Gasteiger partial charge in [-0.15, -0.1) is 0 Å². The molecule has 1 aliphatic carbocycles. The molecule has 0 saturated heterocycles. The zero-order chi connectivity index (χ0) is 13.7. The van der Waals surface area contributed by atoms with Crippen LogP contribution in [0.3, 0.4) is 0 Å². The van der Waals surface area contributed by atoms with Gasteiger partial charge in [-0.25, -0.2) is 4.79 Å². The lowest BCUT2D eigenvalue weighted by molar-refractivity contribution is -0.0282. The van der Waals surface area contributed by atoms with Crippen LogP contribution in [0.2, 0.25) is 5.02 Å². The second-order valence-corrected chi connectivity index (χ2v) is 5.39. The van der Waals surface area contributed by atoms with Crippen LogP contribution < -0.4 is 0 Å². The first-order chi connectivity index (χ1) is 9.18. The predicted molar refractivity (Wildman–Crippen MR) is 74.4 cm³/mol. The smallest absolute Gasteiger partial charge is 0.340 e. The molecule has 1 aromatic carbocycles. The number of rotatable bonds is 2. The maximum Gasteiger partial charge on any atom is 0.340 e. The van der Waals surface area contributed by atoms with Crippen molar-refractivity contribution in [2.45, 2.75) is 50.7 Å². The van der Waals surface area contributed by atoms with Crippen molar-refractivity contribution >= 4 is 17.6 Å². The third-order valence-electron chi connectivity index (χ3n) is 3.52. The summed E-state index contributed by atoms with van der Waals surface area (Å²) in [5.41, 5.74) is 0.360. The minimum absolute atomic E-state index is 0.360. The number of halogens is 1. The second-order valence-electron chi connectivity index (χ2n) is 4.98. The standard InChI is InChI=1S/C15H19ClO3/c16-12-8-6-5-7-11(12)15(18)19-14-10-4-2-1-3-9-13(14)17/h5-8,13-14,17H,1-4,9-10H2/t13-,14+/m1/s1. The van der Waals surface area contributed by atoms with Crippen LogP contribution in [0.1, 0.15) is 48.9 Å². The molecule has 104 valence electrons. The Hall–Kier alpha value is -1.06. The fraction of sp³-hybridized carbons (Fsp3) is 0.533. The van der Waals surface area contributed by atoms with Crippen molar-refractivity contribution in [3.8, 4) is 0 Å². The quantitative estimate of drug-likeness (QED) is 0.844. The van der Waals surface area contributed by atoms with Gasteiger partial charge in [-0.2, -0.15) is 0 Å². The minimum atomic E-state index is -0.563. The fourth-order valence-electron chi connectivity index (χ4n) is 2.40. The van der Waals surface area contributed by atoms with Gasteiger partial charge >= 0.3 is 5.97 Å². The van der Waals surface area contributed by atoms with Gasteiger partial charge in [0.05, 0.1) is 16.7 Å². The number of hydrogen-bond donors (Lipinski definition) is 1. The van der Waals surface area contributed by atoms with Crippen LogP contribution in [0.15, 0.2) is 24.3 Å². The van der Waals surface area contributed by atoms with Gasteiger partial charge in [0.2, 0.25) is 0 Å². The van der Waals surface area contributed by atoms with E-state index >= 15 is 0 Å². The van der Waals surface area contributed by atoms with Gasteiger partial charge in [0.25, 0.3) is 0 Å². The number of benzene rings is 1. The Bertz CT molecular complexity index is 433. The molecule has 1 aliphatic rings. The highest BCUT2D eigenvalue weighted by atomic mass is 35.5. The summed E-state index contributed by atoms with van der Waals surface area (Å²) in [6, 6.07) is 6.81. The van der Waals surface area contributed by atoms with E-state index in [0.29, 0.717) is 17.0 Å². The zero-order valence-electron chi connectivity index (χ0n) is 10.8. The average molecular weight is 283 g/mol. The first-order valence-electron chi connectivity index (χ1n) is 6.82. The molecular formula is C15H19ClO3. The van der Waals surface area contributed by atoms with Gasteiger partial charge < -0.3 is 9.84 Å². The minimum Gasteiger partial charge on any atom is -0.456 e. The molecule has 2 rings (SSSR count). The normalized spacial score (nSPS) is 24.3. The van der Waals surface area contributed by atoms with E-state index in [9.17, 15) is 9.90 Å². The maximum absolute atomic E-state index is 12.1. The summed E-state index contributed by atoms with van der Waals surface area (Å²) in [5.74, 6) is -0.449. The largest absolute Gasteiger partial charge is 0.456 e. The number of aliphatic hydroxyl groups excluding tert-OH is 1. The highest BCUT2D eigenvalue weighted by Crippen LogP contribution is 2.23. The Morgan fingerprint density at radius 3 is 2.58 bits per heavy atom. The molecule has 19 heavy (non-hydrogen) atoms. The molecule has 2 atom stereocenters. The summed E-state index contributed by atoms with van der Waals surface area (Å²) in [6.45, 7) is 0. The predicted octanol–water partition coefficient (Wildman–Crippen LogP) is 3.58. The summed E-state index contributed by atoms with van der Waals surface area (Å²) in [4.78, 5) is 12.1. The van der Waals surface area contributed by atoms with Crippen molar-refractivity contribution in [1.29, 1.82) is 0 Å². The number of esters is 1. The second kappa shape index (κ2) is 6.92. The van der Waals surface area contributed by atoms with Gasteiger partial charge in [0.1, 0.15) is 6.10 Å². The molecule has 0 heterocycles. The Morgan fingerprint density at radius 2 is 1.84 bits per heavy atom. The topological polar surface area (TPSA) is 46.5 Å². The van der Waals surface area contributed by atoms with Crippen molar-refractivity contribution < 1.29 is 14.6 Å². The first-order valence-corrected chi connectivity index (χ1v) is 7.20. The molecule has 1 N–H and O–H groups in total. The van der Waals surface area contributed by atoms with Crippen LogP contribution in [0.4, 0.5) is 0 Å². The number of ether oxygens (including phenoxy) is 1. The van der Waals surface area contributed by atoms with Crippen molar-refractivity contribution in [3.05, 3.63) is 34.9 Å². The van der Waals surface area contributed by atoms with E-state index in [1.165, 1.54) is 0 Å². The average Bonchev–Trinajstić information content (AvgIpc) is 2.39. The summed E-state index contributed by atoms with van der Waals surface area (Å²) in [6.07, 6.45) is 4.68. The summed E-state index contributed by atoms with van der Waals surface area (Å²) in [5, 5.41) is 10.4. The molecule has 1 aromatic rings. The van der Waals surface area contributed by atoms with Crippen LogP contribution >= 0.6 is 11.6 Å². The molecule has 4 heteroatoms. The SMILES string of the molecule is O=C(O[C@H]1CCCCCC[C@H]1O)c1ccccc1Cl. The van der Waals surface area contributed by atoms with Gasteiger partial charge in [-0.3, -0.25) is 0 Å². The Kier molecular flexibility index (Phi) is 5.23. The third kappa shape index (κ3) is 3.95. The molecule has 1 fully saturated rings. The maximum atomic E-state index is 12.1. The molecule has 0 radical (unpaired) electrons. The van der Waals surface area contributed by atoms with Crippen LogP contribution in [-0.4, -0.2) is 23.3 Å². The van der Waals surface area contributed by atoms with Gasteiger partial charge in [0, 0.05) is 0 Å². The van der Waals surface area contributed by atoms with E-state index in [0.717, 1.165) is 32.1 Å². The lowest BCUT2D eigenvalue weighted by Crippen LogP contribution is -2.32. The van der Waals surface area contributed by atoms with E-state index in [4.69, 9.17) is 16.3 Å². The molecule has 0 aromatic heterocycles. The summed E-state index contributed by atoms with van der Waals surface area (Å²) < 4.78 is 5.43. The van der Waals surface area contributed by atoms with Crippen LogP contribution in [0, 0.1) is 0 Å². The third-order valence-corrected chi connectivity index (χ3v) is 3.85. The first kappa shape index (κ1) is 14.4. The van der Waals surface area contributed by atoms with Crippen molar-refractivity contribution in [2.75, 3.05) is 0 Å². The van der Waals surface area contributed by atoms with E-state index < -0.39 is 18.2 Å². The van der Waals surface area contributed by atoms with E-state index in [1.54, 1.807) is 24.3 Å². The van der Waals surface area contributed by atoms with Crippen molar-refractivity contribution in [3.63, 3.8) is 0 Å². The molecule has 0 aliphatic heterocycles. The van der Waals surface area contributed by atoms with Crippen LogP contribution in [0.5, 0.6) is 0 Å². The number of hydrogen-bond acceptors (Lipinski definition) is 3. The van der Waals surface area contributed by atoms with Gasteiger partial charge in [-0.05, 0) is 31.4 Å². The number of carbonyl (C=O) groups is 1. The van der Waals surface area contributed by atoms with Gasteiger partial charge in [0.15, 0.2) is 0 Å². The van der Waals surface area contributed by atoms with Crippen LogP contribution in [-0.2, 0) is 4.74 Å².